The Hall–Kier alpha value is -1.00. The van der Waals surface area contributed by atoms with E-state index in [0.29, 0.717) is 23.1 Å². The molecule has 1 atom stereocenters. The number of aromatic nitrogens is 1. The van der Waals surface area contributed by atoms with Gasteiger partial charge in [-0.3, -0.25) is 4.79 Å². The first kappa shape index (κ1) is 14.1. The first-order valence-electron chi connectivity index (χ1n) is 5.65. The van der Waals surface area contributed by atoms with Crippen LogP contribution in [-0.2, 0) is 0 Å². The van der Waals surface area contributed by atoms with E-state index in [-0.39, 0.29) is 12.5 Å². The van der Waals surface area contributed by atoms with Gasteiger partial charge in [0.2, 0.25) is 0 Å². The number of rotatable bonds is 5. The average Bonchev–Trinajstić information content (AvgIpc) is 2.59. The summed E-state index contributed by atoms with van der Waals surface area (Å²) < 4.78 is 0. The fraction of sp³-hybridized carbons (Fsp3) is 0.583. The molecule has 1 aromatic heterocycles. The Morgan fingerprint density at radius 2 is 2.29 bits per heavy atom. The normalized spacial score (nSPS) is 14.7. The van der Waals surface area contributed by atoms with Crippen LogP contribution < -0.4 is 5.32 Å². The number of H-pyrrole nitrogens is 1. The zero-order valence-corrected chi connectivity index (χ0v) is 11.1. The minimum Gasteiger partial charge on any atom is -0.388 e. The molecule has 0 aromatic carbocycles. The Labute approximate surface area is 106 Å². The van der Waals surface area contributed by atoms with Crippen LogP contribution in [0.3, 0.4) is 0 Å². The van der Waals surface area contributed by atoms with E-state index in [9.17, 15) is 9.90 Å². The van der Waals surface area contributed by atoms with Gasteiger partial charge in [0.15, 0.2) is 0 Å². The number of amides is 1. The average molecular weight is 259 g/mol. The van der Waals surface area contributed by atoms with Crippen LogP contribution in [0.1, 0.15) is 37.7 Å². The van der Waals surface area contributed by atoms with Gasteiger partial charge < -0.3 is 15.4 Å². The molecular weight excluding hydrogens is 240 g/mol. The van der Waals surface area contributed by atoms with Crippen molar-refractivity contribution in [1.82, 2.24) is 10.3 Å². The van der Waals surface area contributed by atoms with Gasteiger partial charge in [0.25, 0.3) is 5.91 Å². The highest BCUT2D eigenvalue weighted by Crippen LogP contribution is 2.15. The van der Waals surface area contributed by atoms with Gasteiger partial charge in [-0.2, -0.15) is 0 Å². The molecule has 0 bridgehead atoms. The minimum absolute atomic E-state index is 0.223. The third kappa shape index (κ3) is 4.79. The lowest BCUT2D eigenvalue weighted by atomic mass is 9.94. The van der Waals surface area contributed by atoms with Gasteiger partial charge in [0.05, 0.1) is 10.6 Å². The highest BCUT2D eigenvalue weighted by Gasteiger charge is 2.23. The van der Waals surface area contributed by atoms with E-state index in [4.69, 9.17) is 11.6 Å². The number of halogens is 1. The maximum atomic E-state index is 11.7. The van der Waals surface area contributed by atoms with Crippen molar-refractivity contribution in [1.29, 1.82) is 0 Å². The molecule has 0 spiro atoms. The fourth-order valence-electron chi connectivity index (χ4n) is 1.82. The summed E-state index contributed by atoms with van der Waals surface area (Å²) in [6.45, 7) is 6.00. The molecule has 96 valence electrons. The molecule has 0 saturated heterocycles. The van der Waals surface area contributed by atoms with Crippen LogP contribution in [0.4, 0.5) is 0 Å². The van der Waals surface area contributed by atoms with Crippen LogP contribution >= 0.6 is 11.6 Å². The molecule has 1 rings (SSSR count). The summed E-state index contributed by atoms with van der Waals surface area (Å²) in [5, 5.41) is 13.2. The van der Waals surface area contributed by atoms with Crippen LogP contribution in [0.15, 0.2) is 12.3 Å². The fourth-order valence-corrected chi connectivity index (χ4v) is 1.98. The molecule has 5 heteroatoms. The Balaban J connectivity index is 2.48. The molecule has 1 amide bonds. The zero-order valence-electron chi connectivity index (χ0n) is 10.4. The maximum absolute atomic E-state index is 11.7. The summed E-state index contributed by atoms with van der Waals surface area (Å²) in [6, 6.07) is 1.55. The summed E-state index contributed by atoms with van der Waals surface area (Å²) in [5.74, 6) is 0.114. The van der Waals surface area contributed by atoms with E-state index >= 15 is 0 Å². The SMILES string of the molecule is CC(C)CC(C)(O)CNC(=O)c1cc(Cl)c[nH]1. The van der Waals surface area contributed by atoms with Crippen LogP contribution in [0, 0.1) is 5.92 Å². The number of aliphatic hydroxyl groups is 1. The van der Waals surface area contributed by atoms with Gasteiger partial charge >= 0.3 is 0 Å². The molecule has 3 N–H and O–H groups in total. The van der Waals surface area contributed by atoms with Crippen molar-refractivity contribution in [3.8, 4) is 0 Å². The second-order valence-corrected chi connectivity index (χ2v) is 5.45. The summed E-state index contributed by atoms with van der Waals surface area (Å²) in [4.78, 5) is 14.4. The Morgan fingerprint density at radius 3 is 2.76 bits per heavy atom. The maximum Gasteiger partial charge on any atom is 0.267 e. The second-order valence-electron chi connectivity index (χ2n) is 5.01. The molecule has 0 aliphatic heterocycles. The Kier molecular flexibility index (Phi) is 4.60. The minimum atomic E-state index is -0.889. The van der Waals surface area contributed by atoms with Crippen LogP contribution in [0.2, 0.25) is 5.02 Å². The van der Waals surface area contributed by atoms with Gasteiger partial charge in [0, 0.05) is 12.7 Å². The molecular formula is C12H19ClN2O2. The molecule has 17 heavy (non-hydrogen) atoms. The van der Waals surface area contributed by atoms with Crippen molar-refractivity contribution in [3.63, 3.8) is 0 Å². The number of nitrogens with one attached hydrogen (secondary N) is 2. The van der Waals surface area contributed by atoms with E-state index in [0.717, 1.165) is 0 Å². The van der Waals surface area contributed by atoms with E-state index in [1.807, 2.05) is 13.8 Å². The lowest BCUT2D eigenvalue weighted by Gasteiger charge is -2.25. The predicted molar refractivity (Wildman–Crippen MR) is 68.2 cm³/mol. The zero-order chi connectivity index (χ0) is 13.1. The van der Waals surface area contributed by atoms with Gasteiger partial charge in [-0.1, -0.05) is 25.4 Å². The monoisotopic (exact) mass is 258 g/mol. The van der Waals surface area contributed by atoms with Crippen molar-refractivity contribution in [3.05, 3.63) is 23.0 Å². The number of hydrogen-bond acceptors (Lipinski definition) is 2. The molecule has 0 fully saturated rings. The molecule has 1 aromatic rings. The smallest absolute Gasteiger partial charge is 0.267 e. The standard InChI is InChI=1S/C12H19ClN2O2/c1-8(2)5-12(3,17)7-15-11(16)10-4-9(13)6-14-10/h4,6,8,14,17H,5,7H2,1-3H3,(H,15,16). The van der Waals surface area contributed by atoms with E-state index in [1.54, 1.807) is 19.2 Å². The second kappa shape index (κ2) is 5.56. The quantitative estimate of drug-likeness (QED) is 0.758. The van der Waals surface area contributed by atoms with Gasteiger partial charge in [-0.05, 0) is 25.3 Å². The summed E-state index contributed by atoms with van der Waals surface area (Å²) in [6.07, 6.45) is 2.18. The van der Waals surface area contributed by atoms with Gasteiger partial charge in [-0.15, -0.1) is 0 Å². The number of hydrogen-bond donors (Lipinski definition) is 3. The Bertz CT molecular complexity index is 386. The van der Waals surface area contributed by atoms with Gasteiger partial charge in [0.1, 0.15) is 5.69 Å². The molecule has 0 aliphatic rings. The van der Waals surface area contributed by atoms with E-state index in [2.05, 4.69) is 10.3 Å². The number of carbonyl (C=O) groups excluding carboxylic acids is 1. The van der Waals surface area contributed by atoms with Crippen molar-refractivity contribution in [2.24, 2.45) is 5.92 Å². The van der Waals surface area contributed by atoms with Crippen LogP contribution in [0.5, 0.6) is 0 Å². The first-order valence-corrected chi connectivity index (χ1v) is 6.02. The lowest BCUT2D eigenvalue weighted by molar-refractivity contribution is 0.0367. The van der Waals surface area contributed by atoms with Crippen molar-refractivity contribution >= 4 is 17.5 Å². The van der Waals surface area contributed by atoms with Gasteiger partial charge in [-0.25, -0.2) is 0 Å². The molecule has 0 radical (unpaired) electrons. The molecule has 0 saturated carbocycles. The highest BCUT2D eigenvalue weighted by atomic mass is 35.5. The predicted octanol–water partition coefficient (Wildman–Crippen LogP) is 2.19. The van der Waals surface area contributed by atoms with E-state index < -0.39 is 5.60 Å². The highest BCUT2D eigenvalue weighted by molar-refractivity contribution is 6.30. The number of aromatic amines is 1. The van der Waals surface area contributed by atoms with Crippen molar-refractivity contribution in [2.75, 3.05) is 6.54 Å². The van der Waals surface area contributed by atoms with Crippen molar-refractivity contribution in [2.45, 2.75) is 32.8 Å². The molecule has 0 aliphatic carbocycles. The Morgan fingerprint density at radius 1 is 1.65 bits per heavy atom. The molecule has 4 nitrogen and oxygen atoms in total. The largest absolute Gasteiger partial charge is 0.388 e. The third-order valence-corrected chi connectivity index (χ3v) is 2.59. The number of carbonyl (C=O) groups is 1. The first-order chi connectivity index (χ1) is 7.80. The molecule has 1 unspecified atom stereocenters. The molecule has 1 heterocycles. The van der Waals surface area contributed by atoms with Crippen LogP contribution in [-0.4, -0.2) is 28.1 Å². The van der Waals surface area contributed by atoms with Crippen molar-refractivity contribution < 1.29 is 9.90 Å². The van der Waals surface area contributed by atoms with E-state index in [1.165, 1.54) is 0 Å². The summed E-state index contributed by atoms with van der Waals surface area (Å²) in [5.41, 5.74) is -0.490. The topological polar surface area (TPSA) is 65.1 Å². The van der Waals surface area contributed by atoms with Crippen LogP contribution in [0.25, 0.3) is 0 Å². The summed E-state index contributed by atoms with van der Waals surface area (Å²) >= 11 is 5.70. The third-order valence-electron chi connectivity index (χ3n) is 2.37. The lowest BCUT2D eigenvalue weighted by Crippen LogP contribution is -2.41. The summed E-state index contributed by atoms with van der Waals surface area (Å²) in [7, 11) is 0.